The summed E-state index contributed by atoms with van der Waals surface area (Å²) in [7, 11) is 0. The third-order valence-electron chi connectivity index (χ3n) is 3.38. The zero-order valence-corrected chi connectivity index (χ0v) is 14.2. The van der Waals surface area contributed by atoms with Gasteiger partial charge in [-0.05, 0) is 29.5 Å². The van der Waals surface area contributed by atoms with Crippen LogP contribution in [0.2, 0.25) is 0 Å². The van der Waals surface area contributed by atoms with Crippen molar-refractivity contribution in [2.45, 2.75) is 26.3 Å². The Labute approximate surface area is 142 Å². The normalized spacial score (nSPS) is 11.6. The molecule has 0 aliphatic rings. The first-order valence-corrected chi connectivity index (χ1v) is 7.49. The van der Waals surface area contributed by atoms with Crippen molar-refractivity contribution in [1.82, 2.24) is 30.8 Å². The van der Waals surface area contributed by atoms with Crippen LogP contribution in [0.4, 0.5) is 0 Å². The van der Waals surface area contributed by atoms with E-state index >= 15 is 0 Å². The number of amides is 1. The van der Waals surface area contributed by atoms with E-state index in [4.69, 9.17) is 0 Å². The molecule has 1 aromatic carbocycles. The van der Waals surface area contributed by atoms with Gasteiger partial charge in [-0.2, -0.15) is 0 Å². The molecule has 0 saturated carbocycles. The first kappa shape index (κ1) is 19.1. The van der Waals surface area contributed by atoms with Crippen molar-refractivity contribution in [3.8, 4) is 0 Å². The largest absolute Gasteiger partial charge is 0.353 e. The van der Waals surface area contributed by atoms with Crippen LogP contribution in [0.25, 0.3) is 0 Å². The molecule has 126 valence electrons. The quantitative estimate of drug-likeness (QED) is 0.699. The minimum Gasteiger partial charge on any atom is -0.353 e. The summed E-state index contributed by atoms with van der Waals surface area (Å²) in [5.74, 6) is 0.555. The van der Waals surface area contributed by atoms with Crippen LogP contribution in [0.5, 0.6) is 0 Å². The standard InChI is InChI=1S/C15H22N6O.ClH/c1-3-16-9-10-17-15(22)14(21-12(2)18-19-20-21)11-13-7-5-4-6-8-13;/h4-8,14,16H,3,9-11H2,1-2H3,(H,17,22);1H. The molecule has 2 aromatic rings. The van der Waals surface area contributed by atoms with E-state index in [0.717, 1.165) is 18.7 Å². The van der Waals surface area contributed by atoms with Gasteiger partial charge >= 0.3 is 0 Å². The van der Waals surface area contributed by atoms with Gasteiger partial charge in [0.25, 0.3) is 0 Å². The minimum atomic E-state index is -0.445. The van der Waals surface area contributed by atoms with E-state index in [1.54, 1.807) is 11.6 Å². The van der Waals surface area contributed by atoms with Gasteiger partial charge in [-0.25, -0.2) is 4.68 Å². The van der Waals surface area contributed by atoms with E-state index < -0.39 is 6.04 Å². The Balaban J connectivity index is 0.00000264. The number of aryl methyl sites for hydroxylation is 1. The van der Waals surface area contributed by atoms with Crippen molar-refractivity contribution >= 4 is 18.3 Å². The number of aromatic nitrogens is 4. The molecule has 1 heterocycles. The van der Waals surface area contributed by atoms with Crippen LogP contribution in [0, 0.1) is 6.92 Å². The Kier molecular flexibility index (Phi) is 8.21. The average Bonchev–Trinajstić information content (AvgIpc) is 2.96. The van der Waals surface area contributed by atoms with Crippen LogP contribution in [-0.2, 0) is 11.2 Å². The van der Waals surface area contributed by atoms with E-state index in [2.05, 4.69) is 26.2 Å². The second kappa shape index (κ2) is 9.91. The summed E-state index contributed by atoms with van der Waals surface area (Å²) in [6.45, 7) is 6.04. The molecule has 0 aliphatic heterocycles. The monoisotopic (exact) mass is 338 g/mol. The zero-order valence-electron chi connectivity index (χ0n) is 13.4. The van der Waals surface area contributed by atoms with E-state index in [1.807, 2.05) is 37.3 Å². The lowest BCUT2D eigenvalue weighted by Gasteiger charge is -2.17. The fourth-order valence-electron chi connectivity index (χ4n) is 2.22. The molecule has 0 fully saturated rings. The van der Waals surface area contributed by atoms with Gasteiger partial charge in [-0.3, -0.25) is 4.79 Å². The predicted molar refractivity (Wildman–Crippen MR) is 90.5 cm³/mol. The highest BCUT2D eigenvalue weighted by Gasteiger charge is 2.23. The summed E-state index contributed by atoms with van der Waals surface area (Å²) in [6, 6.07) is 9.43. The van der Waals surface area contributed by atoms with Gasteiger partial charge in [0.2, 0.25) is 5.91 Å². The summed E-state index contributed by atoms with van der Waals surface area (Å²) in [5.41, 5.74) is 1.07. The lowest BCUT2D eigenvalue weighted by molar-refractivity contribution is -0.124. The van der Waals surface area contributed by atoms with Crippen LogP contribution < -0.4 is 10.6 Å². The maximum absolute atomic E-state index is 12.5. The summed E-state index contributed by atoms with van der Waals surface area (Å²) < 4.78 is 1.58. The van der Waals surface area contributed by atoms with Gasteiger partial charge in [0, 0.05) is 19.5 Å². The average molecular weight is 339 g/mol. The highest BCUT2D eigenvalue weighted by Crippen LogP contribution is 2.14. The number of likely N-dealkylation sites (N-methyl/N-ethyl adjacent to an activating group) is 1. The third-order valence-corrected chi connectivity index (χ3v) is 3.38. The number of halogens is 1. The lowest BCUT2D eigenvalue weighted by atomic mass is 10.1. The molecular weight excluding hydrogens is 316 g/mol. The fourth-order valence-corrected chi connectivity index (χ4v) is 2.22. The minimum absolute atomic E-state index is 0. The molecule has 2 rings (SSSR count). The summed E-state index contributed by atoms with van der Waals surface area (Å²) in [4.78, 5) is 12.5. The third kappa shape index (κ3) is 5.61. The number of hydrogen-bond donors (Lipinski definition) is 2. The Morgan fingerprint density at radius 2 is 2.00 bits per heavy atom. The van der Waals surface area contributed by atoms with E-state index in [0.29, 0.717) is 18.8 Å². The molecule has 0 spiro atoms. The Bertz CT molecular complexity index is 589. The Morgan fingerprint density at radius 1 is 1.26 bits per heavy atom. The zero-order chi connectivity index (χ0) is 15.8. The first-order valence-electron chi connectivity index (χ1n) is 7.49. The van der Waals surface area contributed by atoms with Crippen molar-refractivity contribution in [3.63, 3.8) is 0 Å². The smallest absolute Gasteiger partial charge is 0.245 e. The molecule has 1 unspecified atom stereocenters. The number of nitrogens with zero attached hydrogens (tertiary/aromatic N) is 4. The molecule has 0 radical (unpaired) electrons. The number of benzene rings is 1. The van der Waals surface area contributed by atoms with Gasteiger partial charge < -0.3 is 10.6 Å². The molecule has 23 heavy (non-hydrogen) atoms. The fraction of sp³-hybridized carbons (Fsp3) is 0.467. The molecule has 2 N–H and O–H groups in total. The van der Waals surface area contributed by atoms with Gasteiger partial charge in [0.15, 0.2) is 0 Å². The molecule has 0 bridgehead atoms. The molecule has 1 amide bonds. The highest BCUT2D eigenvalue weighted by molar-refractivity contribution is 5.85. The van der Waals surface area contributed by atoms with Gasteiger partial charge in [0.05, 0.1) is 0 Å². The maximum Gasteiger partial charge on any atom is 0.245 e. The van der Waals surface area contributed by atoms with Crippen LogP contribution >= 0.6 is 12.4 Å². The SMILES string of the molecule is CCNCCNC(=O)C(Cc1ccccc1)n1nnnc1C.Cl. The van der Waals surface area contributed by atoms with Crippen LogP contribution in [-0.4, -0.2) is 45.7 Å². The number of carbonyl (C=O) groups excluding carboxylic acids is 1. The highest BCUT2D eigenvalue weighted by atomic mass is 35.5. The molecule has 1 aromatic heterocycles. The second-order valence-corrected chi connectivity index (χ2v) is 5.02. The molecule has 0 saturated heterocycles. The predicted octanol–water partition coefficient (Wildman–Crippen LogP) is 0.913. The van der Waals surface area contributed by atoms with Crippen molar-refractivity contribution in [1.29, 1.82) is 0 Å². The topological polar surface area (TPSA) is 84.7 Å². The van der Waals surface area contributed by atoms with Crippen LogP contribution in [0.1, 0.15) is 24.4 Å². The van der Waals surface area contributed by atoms with E-state index in [1.165, 1.54) is 0 Å². The molecule has 8 heteroatoms. The number of hydrogen-bond acceptors (Lipinski definition) is 5. The molecule has 7 nitrogen and oxygen atoms in total. The van der Waals surface area contributed by atoms with Crippen molar-refractivity contribution in [2.24, 2.45) is 0 Å². The van der Waals surface area contributed by atoms with Crippen LogP contribution in [0.3, 0.4) is 0 Å². The number of nitrogens with one attached hydrogen (secondary N) is 2. The van der Waals surface area contributed by atoms with Crippen LogP contribution in [0.15, 0.2) is 30.3 Å². The number of carbonyl (C=O) groups is 1. The van der Waals surface area contributed by atoms with Gasteiger partial charge in [-0.1, -0.05) is 37.3 Å². The van der Waals surface area contributed by atoms with Gasteiger partial charge in [0.1, 0.15) is 11.9 Å². The first-order chi connectivity index (χ1) is 10.7. The van der Waals surface area contributed by atoms with E-state index in [-0.39, 0.29) is 18.3 Å². The van der Waals surface area contributed by atoms with E-state index in [9.17, 15) is 4.79 Å². The van der Waals surface area contributed by atoms with Crippen molar-refractivity contribution in [2.75, 3.05) is 19.6 Å². The van der Waals surface area contributed by atoms with Crippen molar-refractivity contribution in [3.05, 3.63) is 41.7 Å². The summed E-state index contributed by atoms with van der Waals surface area (Å²) in [5, 5.41) is 17.6. The van der Waals surface area contributed by atoms with Crippen molar-refractivity contribution < 1.29 is 4.79 Å². The maximum atomic E-state index is 12.5. The Morgan fingerprint density at radius 3 is 2.61 bits per heavy atom. The number of rotatable bonds is 8. The van der Waals surface area contributed by atoms with Gasteiger partial charge in [-0.15, -0.1) is 17.5 Å². The molecule has 0 aliphatic carbocycles. The Hall–Kier alpha value is -1.99. The molecular formula is C15H23ClN6O. The second-order valence-electron chi connectivity index (χ2n) is 5.02. The number of tetrazole rings is 1. The summed E-state index contributed by atoms with van der Waals surface area (Å²) in [6.07, 6.45) is 0.555. The molecule has 1 atom stereocenters. The summed E-state index contributed by atoms with van der Waals surface area (Å²) >= 11 is 0. The lowest BCUT2D eigenvalue weighted by Crippen LogP contribution is -2.38.